The van der Waals surface area contributed by atoms with E-state index >= 15 is 0 Å². The predicted molar refractivity (Wildman–Crippen MR) is 72.7 cm³/mol. The van der Waals surface area contributed by atoms with Crippen molar-refractivity contribution in [3.05, 3.63) is 29.3 Å². The van der Waals surface area contributed by atoms with Crippen molar-refractivity contribution in [1.82, 2.24) is 0 Å². The summed E-state index contributed by atoms with van der Waals surface area (Å²) in [4.78, 5) is 27.7. The molecule has 0 aromatic heterocycles. The van der Waals surface area contributed by atoms with E-state index in [1.807, 2.05) is 6.92 Å². The Bertz CT molecular complexity index is 536. The highest BCUT2D eigenvalue weighted by Gasteiger charge is 2.21. The lowest BCUT2D eigenvalue weighted by atomic mass is 10.1. The first-order chi connectivity index (χ1) is 9.49. The molecule has 0 aliphatic carbocycles. The van der Waals surface area contributed by atoms with Crippen molar-refractivity contribution in [3.8, 4) is 5.75 Å². The number of ether oxygens (including phenoxy) is 2. The molecule has 108 valence electrons. The van der Waals surface area contributed by atoms with Crippen LogP contribution in [0.2, 0.25) is 0 Å². The molecule has 6 nitrogen and oxygen atoms in total. The number of oxime groups is 1. The number of benzene rings is 1. The van der Waals surface area contributed by atoms with Gasteiger partial charge in [-0.05, 0) is 26.0 Å². The van der Waals surface area contributed by atoms with Crippen LogP contribution in [0.5, 0.6) is 5.75 Å². The average molecular weight is 279 g/mol. The zero-order chi connectivity index (χ0) is 15.1. The molecular weight excluding hydrogens is 262 g/mol. The zero-order valence-corrected chi connectivity index (χ0v) is 11.9. The van der Waals surface area contributed by atoms with E-state index in [1.54, 1.807) is 25.1 Å². The molecule has 0 bridgehead atoms. The molecule has 0 unspecified atom stereocenters. The summed E-state index contributed by atoms with van der Waals surface area (Å²) in [6.07, 6.45) is 0. The minimum absolute atomic E-state index is 0.0469. The Morgan fingerprint density at radius 3 is 2.55 bits per heavy atom. The molecule has 0 saturated carbocycles. The van der Waals surface area contributed by atoms with Gasteiger partial charge in [0.1, 0.15) is 12.9 Å². The van der Waals surface area contributed by atoms with Crippen LogP contribution in [0.3, 0.4) is 0 Å². The first kappa shape index (κ1) is 15.7. The Kier molecular flexibility index (Phi) is 5.71. The van der Waals surface area contributed by atoms with Gasteiger partial charge in [0.05, 0.1) is 12.2 Å². The number of hydrogen-bond acceptors (Lipinski definition) is 6. The van der Waals surface area contributed by atoms with Gasteiger partial charge in [-0.25, -0.2) is 4.79 Å². The van der Waals surface area contributed by atoms with Crippen LogP contribution in [0.25, 0.3) is 0 Å². The molecule has 0 N–H and O–H groups in total. The Morgan fingerprint density at radius 1 is 1.30 bits per heavy atom. The largest absolute Gasteiger partial charge is 0.461 e. The standard InChI is InChI=1S/C14H17NO5/c1-5-19-14(17)13(15-18-4)11-8-9(2)6-7-12(11)20-10(3)16/h6-8H,5H2,1-4H3/b15-13-. The van der Waals surface area contributed by atoms with Crippen molar-refractivity contribution in [2.24, 2.45) is 5.16 Å². The van der Waals surface area contributed by atoms with Crippen molar-refractivity contribution in [3.63, 3.8) is 0 Å². The van der Waals surface area contributed by atoms with E-state index in [0.717, 1.165) is 5.56 Å². The molecule has 0 aliphatic rings. The van der Waals surface area contributed by atoms with Crippen molar-refractivity contribution in [2.75, 3.05) is 13.7 Å². The maximum absolute atomic E-state index is 11.9. The Hall–Kier alpha value is -2.37. The maximum atomic E-state index is 11.9. The third-order valence-corrected chi connectivity index (χ3v) is 2.30. The molecule has 0 saturated heterocycles. The molecule has 0 atom stereocenters. The molecule has 1 aromatic carbocycles. The highest BCUT2D eigenvalue weighted by Crippen LogP contribution is 2.22. The van der Waals surface area contributed by atoms with Crippen LogP contribution in [0.4, 0.5) is 0 Å². The monoisotopic (exact) mass is 279 g/mol. The van der Waals surface area contributed by atoms with Gasteiger partial charge in [0.25, 0.3) is 0 Å². The molecule has 0 spiro atoms. The summed E-state index contributed by atoms with van der Waals surface area (Å²) in [5.74, 6) is -0.906. The van der Waals surface area contributed by atoms with Crippen molar-refractivity contribution >= 4 is 17.7 Å². The fraction of sp³-hybridized carbons (Fsp3) is 0.357. The Morgan fingerprint density at radius 2 is 2.00 bits per heavy atom. The lowest BCUT2D eigenvalue weighted by molar-refractivity contribution is -0.135. The van der Waals surface area contributed by atoms with E-state index in [0.29, 0.717) is 5.56 Å². The molecule has 6 heteroatoms. The molecular formula is C14H17NO5. The SMILES string of the molecule is CCOC(=O)/C(=N\OC)c1cc(C)ccc1OC(C)=O. The van der Waals surface area contributed by atoms with Crippen LogP contribution in [0, 0.1) is 6.92 Å². The normalized spacial score (nSPS) is 10.9. The van der Waals surface area contributed by atoms with Crippen molar-refractivity contribution < 1.29 is 23.9 Å². The third-order valence-electron chi connectivity index (χ3n) is 2.30. The number of esters is 2. The lowest BCUT2D eigenvalue weighted by Gasteiger charge is -2.11. The summed E-state index contributed by atoms with van der Waals surface area (Å²) in [6.45, 7) is 5.01. The number of hydrogen-bond donors (Lipinski definition) is 0. The molecule has 0 fully saturated rings. The fourth-order valence-corrected chi connectivity index (χ4v) is 1.56. The number of nitrogens with zero attached hydrogens (tertiary/aromatic N) is 1. The van der Waals surface area contributed by atoms with Gasteiger partial charge in [-0.3, -0.25) is 4.79 Å². The Labute approximate surface area is 117 Å². The molecule has 1 aromatic rings. The minimum Gasteiger partial charge on any atom is -0.461 e. The van der Waals surface area contributed by atoms with Crippen LogP contribution in [-0.4, -0.2) is 31.4 Å². The van der Waals surface area contributed by atoms with Gasteiger partial charge in [-0.1, -0.05) is 16.8 Å². The zero-order valence-electron chi connectivity index (χ0n) is 11.9. The maximum Gasteiger partial charge on any atom is 0.361 e. The highest BCUT2D eigenvalue weighted by molar-refractivity contribution is 6.43. The van der Waals surface area contributed by atoms with Crippen molar-refractivity contribution in [2.45, 2.75) is 20.8 Å². The van der Waals surface area contributed by atoms with E-state index in [1.165, 1.54) is 14.0 Å². The molecule has 20 heavy (non-hydrogen) atoms. The van der Waals surface area contributed by atoms with Gasteiger partial charge in [-0.2, -0.15) is 0 Å². The number of carbonyl (C=O) groups is 2. The smallest absolute Gasteiger partial charge is 0.361 e. The predicted octanol–water partition coefficient (Wildman–Crippen LogP) is 1.83. The quantitative estimate of drug-likeness (QED) is 0.356. The van der Waals surface area contributed by atoms with Gasteiger partial charge in [-0.15, -0.1) is 0 Å². The number of aryl methyl sites for hydroxylation is 1. The summed E-state index contributed by atoms with van der Waals surface area (Å²) in [6, 6.07) is 5.03. The lowest BCUT2D eigenvalue weighted by Crippen LogP contribution is -2.21. The van der Waals surface area contributed by atoms with Crippen LogP contribution in [0.1, 0.15) is 25.0 Å². The van der Waals surface area contributed by atoms with E-state index in [9.17, 15) is 9.59 Å². The van der Waals surface area contributed by atoms with Gasteiger partial charge in [0, 0.05) is 6.92 Å². The van der Waals surface area contributed by atoms with E-state index in [4.69, 9.17) is 9.47 Å². The van der Waals surface area contributed by atoms with Crippen molar-refractivity contribution in [1.29, 1.82) is 0 Å². The summed E-state index contributed by atoms with van der Waals surface area (Å²) in [5.41, 5.74) is 1.18. The second-order valence-corrected chi connectivity index (χ2v) is 3.94. The first-order valence-corrected chi connectivity index (χ1v) is 6.07. The highest BCUT2D eigenvalue weighted by atomic mass is 16.6. The second-order valence-electron chi connectivity index (χ2n) is 3.94. The summed E-state index contributed by atoms with van der Waals surface area (Å²) >= 11 is 0. The van der Waals surface area contributed by atoms with Gasteiger partial charge in [0.2, 0.25) is 0 Å². The molecule has 0 heterocycles. The van der Waals surface area contributed by atoms with E-state index in [2.05, 4.69) is 9.99 Å². The summed E-state index contributed by atoms with van der Waals surface area (Å²) in [7, 11) is 1.32. The summed E-state index contributed by atoms with van der Waals surface area (Å²) < 4.78 is 9.99. The van der Waals surface area contributed by atoms with Crippen LogP contribution < -0.4 is 4.74 Å². The topological polar surface area (TPSA) is 74.2 Å². The van der Waals surface area contributed by atoms with Crippen LogP contribution in [-0.2, 0) is 19.2 Å². The number of carbonyl (C=O) groups excluding carboxylic acids is 2. The second kappa shape index (κ2) is 7.28. The molecule has 0 radical (unpaired) electrons. The molecule has 1 rings (SSSR count). The van der Waals surface area contributed by atoms with Gasteiger partial charge >= 0.3 is 11.9 Å². The first-order valence-electron chi connectivity index (χ1n) is 6.07. The summed E-state index contributed by atoms with van der Waals surface area (Å²) in [5, 5.41) is 3.67. The number of rotatable bonds is 5. The van der Waals surface area contributed by atoms with Crippen LogP contribution >= 0.6 is 0 Å². The molecule has 0 aliphatic heterocycles. The van der Waals surface area contributed by atoms with E-state index in [-0.39, 0.29) is 18.1 Å². The van der Waals surface area contributed by atoms with Crippen LogP contribution in [0.15, 0.2) is 23.4 Å². The Balaban J connectivity index is 3.31. The molecule has 0 amide bonds. The van der Waals surface area contributed by atoms with E-state index < -0.39 is 11.9 Å². The average Bonchev–Trinajstić information content (AvgIpc) is 2.38. The van der Waals surface area contributed by atoms with Gasteiger partial charge in [0.15, 0.2) is 5.71 Å². The minimum atomic E-state index is -0.645. The fourth-order valence-electron chi connectivity index (χ4n) is 1.56. The van der Waals surface area contributed by atoms with Gasteiger partial charge < -0.3 is 14.3 Å². The third kappa shape index (κ3) is 4.08.